The third kappa shape index (κ3) is 6.96. The highest BCUT2D eigenvalue weighted by molar-refractivity contribution is 9.10. The van der Waals surface area contributed by atoms with Crippen LogP contribution in [0, 0.1) is 11.8 Å². The van der Waals surface area contributed by atoms with E-state index in [-0.39, 0.29) is 18.6 Å². The summed E-state index contributed by atoms with van der Waals surface area (Å²) >= 11 is 3.71. The standard InChI is InChI=1S/C24H37BrN2O3/c1-18(2)30-22-5-6-23(25)21(15-22)14-19-7-11-26(12-8-19)13-9-20-4-3-10-27(16-20)24(29)17-28/h5-6,15,18-20,28H,3-4,7-14,16-17H2,1-2H3. The lowest BCUT2D eigenvalue weighted by molar-refractivity contribution is -0.136. The Labute approximate surface area is 189 Å². The monoisotopic (exact) mass is 480 g/mol. The van der Waals surface area contributed by atoms with Gasteiger partial charge >= 0.3 is 0 Å². The van der Waals surface area contributed by atoms with Crippen LogP contribution in [0.4, 0.5) is 0 Å². The van der Waals surface area contributed by atoms with Crippen molar-refractivity contribution in [2.45, 2.75) is 58.5 Å². The summed E-state index contributed by atoms with van der Waals surface area (Å²) in [6.07, 6.45) is 7.19. The summed E-state index contributed by atoms with van der Waals surface area (Å²) < 4.78 is 7.05. The average molecular weight is 481 g/mol. The Morgan fingerprint density at radius 2 is 1.97 bits per heavy atom. The van der Waals surface area contributed by atoms with Gasteiger partial charge in [0.25, 0.3) is 0 Å². The second-order valence-corrected chi connectivity index (χ2v) is 10.1. The lowest BCUT2D eigenvalue weighted by Gasteiger charge is -2.36. The lowest BCUT2D eigenvalue weighted by atomic mass is 9.89. The van der Waals surface area contributed by atoms with E-state index >= 15 is 0 Å². The first-order chi connectivity index (χ1) is 14.4. The minimum Gasteiger partial charge on any atom is -0.491 e. The molecule has 0 aliphatic carbocycles. The summed E-state index contributed by atoms with van der Waals surface area (Å²) in [6.45, 7) is 8.84. The van der Waals surface area contributed by atoms with Crippen LogP contribution < -0.4 is 4.74 Å². The zero-order valence-electron chi connectivity index (χ0n) is 18.5. The van der Waals surface area contributed by atoms with Crippen LogP contribution in [-0.4, -0.2) is 66.2 Å². The molecule has 2 heterocycles. The van der Waals surface area contributed by atoms with Crippen LogP contribution in [0.2, 0.25) is 0 Å². The van der Waals surface area contributed by atoms with Crippen LogP contribution in [0.1, 0.15) is 51.5 Å². The van der Waals surface area contributed by atoms with Crippen LogP contribution in [0.15, 0.2) is 22.7 Å². The maximum Gasteiger partial charge on any atom is 0.248 e. The summed E-state index contributed by atoms with van der Waals surface area (Å²) in [7, 11) is 0. The normalized spacial score (nSPS) is 21.2. The molecule has 168 valence electrons. The predicted molar refractivity (Wildman–Crippen MR) is 124 cm³/mol. The number of hydrogen-bond acceptors (Lipinski definition) is 4. The Balaban J connectivity index is 1.41. The molecule has 0 radical (unpaired) electrons. The highest BCUT2D eigenvalue weighted by Crippen LogP contribution is 2.29. The number of hydrogen-bond donors (Lipinski definition) is 1. The zero-order chi connectivity index (χ0) is 21.5. The van der Waals surface area contributed by atoms with Gasteiger partial charge in [-0.05, 0) is 108 Å². The highest BCUT2D eigenvalue weighted by atomic mass is 79.9. The minimum absolute atomic E-state index is 0.116. The summed E-state index contributed by atoms with van der Waals surface area (Å²) in [4.78, 5) is 16.2. The van der Waals surface area contributed by atoms with E-state index < -0.39 is 0 Å². The van der Waals surface area contributed by atoms with Gasteiger partial charge in [0.1, 0.15) is 12.4 Å². The number of aliphatic hydroxyl groups excluding tert-OH is 1. The van der Waals surface area contributed by atoms with Crippen LogP contribution in [0.25, 0.3) is 0 Å². The van der Waals surface area contributed by atoms with Gasteiger partial charge < -0.3 is 19.6 Å². The van der Waals surface area contributed by atoms with E-state index in [1.807, 2.05) is 11.0 Å². The summed E-state index contributed by atoms with van der Waals surface area (Å²) in [5, 5.41) is 9.10. The van der Waals surface area contributed by atoms with E-state index in [2.05, 4.69) is 46.8 Å². The molecule has 1 N–H and O–H groups in total. The van der Waals surface area contributed by atoms with Gasteiger partial charge in [-0.3, -0.25) is 4.79 Å². The smallest absolute Gasteiger partial charge is 0.248 e. The van der Waals surface area contributed by atoms with Crippen LogP contribution >= 0.6 is 15.9 Å². The average Bonchev–Trinajstić information content (AvgIpc) is 2.75. The van der Waals surface area contributed by atoms with Crippen molar-refractivity contribution in [1.82, 2.24) is 9.80 Å². The second-order valence-electron chi connectivity index (χ2n) is 9.20. The molecule has 2 saturated heterocycles. The maximum absolute atomic E-state index is 11.8. The van der Waals surface area contributed by atoms with Gasteiger partial charge in [0.2, 0.25) is 5.91 Å². The number of likely N-dealkylation sites (tertiary alicyclic amines) is 2. The topological polar surface area (TPSA) is 53.0 Å². The Morgan fingerprint density at radius 3 is 2.67 bits per heavy atom. The van der Waals surface area contributed by atoms with Gasteiger partial charge in [0, 0.05) is 17.6 Å². The molecular weight excluding hydrogens is 444 g/mol. The van der Waals surface area contributed by atoms with Crippen molar-refractivity contribution < 1.29 is 14.6 Å². The fourth-order valence-corrected chi connectivity index (χ4v) is 5.18. The first kappa shape index (κ1) is 23.6. The molecule has 2 aliphatic heterocycles. The molecule has 0 spiro atoms. The number of carbonyl (C=O) groups is 1. The van der Waals surface area contributed by atoms with Crippen molar-refractivity contribution in [2.24, 2.45) is 11.8 Å². The number of carbonyl (C=O) groups excluding carboxylic acids is 1. The van der Waals surface area contributed by atoms with Gasteiger partial charge in [0.15, 0.2) is 0 Å². The first-order valence-corrected chi connectivity index (χ1v) is 12.3. The molecule has 0 bridgehead atoms. The molecule has 1 unspecified atom stereocenters. The van der Waals surface area contributed by atoms with Gasteiger partial charge in [-0.1, -0.05) is 15.9 Å². The molecular formula is C24H37BrN2O3. The molecule has 1 aromatic rings. The Hall–Kier alpha value is -1.11. The number of piperidine rings is 2. The van der Waals surface area contributed by atoms with Gasteiger partial charge in [-0.2, -0.15) is 0 Å². The molecule has 2 fully saturated rings. The molecule has 0 aromatic heterocycles. The fourth-order valence-electron chi connectivity index (χ4n) is 4.77. The molecule has 1 amide bonds. The third-order valence-corrected chi connectivity index (χ3v) is 7.24. The largest absolute Gasteiger partial charge is 0.491 e. The van der Waals surface area contributed by atoms with E-state index in [9.17, 15) is 4.79 Å². The number of ether oxygens (including phenoxy) is 1. The van der Waals surface area contributed by atoms with E-state index in [0.29, 0.717) is 5.92 Å². The number of aliphatic hydroxyl groups is 1. The molecule has 0 saturated carbocycles. The zero-order valence-corrected chi connectivity index (χ0v) is 20.1. The minimum atomic E-state index is -0.358. The number of benzene rings is 1. The van der Waals surface area contributed by atoms with Gasteiger partial charge in [-0.25, -0.2) is 0 Å². The quantitative estimate of drug-likeness (QED) is 0.607. The number of nitrogens with zero attached hydrogens (tertiary/aromatic N) is 2. The first-order valence-electron chi connectivity index (χ1n) is 11.5. The molecule has 6 heteroatoms. The summed E-state index contributed by atoms with van der Waals surface area (Å²) in [5.41, 5.74) is 1.35. The maximum atomic E-state index is 11.8. The van der Waals surface area contributed by atoms with E-state index in [1.54, 1.807) is 0 Å². The van der Waals surface area contributed by atoms with Crippen LogP contribution in [0.3, 0.4) is 0 Å². The molecule has 2 aliphatic rings. The van der Waals surface area contributed by atoms with Gasteiger partial charge in [0.05, 0.1) is 6.10 Å². The van der Waals surface area contributed by atoms with Gasteiger partial charge in [-0.15, -0.1) is 0 Å². The summed E-state index contributed by atoms with van der Waals surface area (Å²) in [6, 6.07) is 6.34. The number of halogens is 1. The van der Waals surface area contributed by atoms with Crippen molar-refractivity contribution in [1.29, 1.82) is 0 Å². The molecule has 5 nitrogen and oxygen atoms in total. The Bertz CT molecular complexity index is 689. The molecule has 1 aromatic carbocycles. The Morgan fingerprint density at radius 1 is 1.20 bits per heavy atom. The van der Waals surface area contributed by atoms with E-state index in [1.165, 1.54) is 29.3 Å². The van der Waals surface area contributed by atoms with Crippen molar-refractivity contribution >= 4 is 21.8 Å². The third-order valence-electron chi connectivity index (χ3n) is 6.47. The van der Waals surface area contributed by atoms with Crippen molar-refractivity contribution in [2.75, 3.05) is 39.3 Å². The van der Waals surface area contributed by atoms with Crippen LogP contribution in [0.5, 0.6) is 5.75 Å². The van der Waals surface area contributed by atoms with Crippen molar-refractivity contribution in [3.8, 4) is 5.75 Å². The Kier molecular flexibility index (Phi) is 9.02. The highest BCUT2D eigenvalue weighted by Gasteiger charge is 2.25. The molecule has 3 rings (SSSR count). The summed E-state index contributed by atoms with van der Waals surface area (Å²) in [5.74, 6) is 2.14. The molecule has 1 atom stereocenters. The number of rotatable bonds is 8. The fraction of sp³-hybridized carbons (Fsp3) is 0.708. The lowest BCUT2D eigenvalue weighted by Crippen LogP contribution is -2.42. The predicted octanol–water partition coefficient (Wildman–Crippen LogP) is 4.11. The second kappa shape index (κ2) is 11.5. The van der Waals surface area contributed by atoms with Crippen molar-refractivity contribution in [3.63, 3.8) is 0 Å². The SMILES string of the molecule is CC(C)Oc1ccc(Br)c(CC2CCN(CCC3CCCN(C(=O)CO)C3)CC2)c1. The van der Waals surface area contributed by atoms with E-state index in [0.717, 1.165) is 63.7 Å². The van der Waals surface area contributed by atoms with Crippen molar-refractivity contribution in [3.05, 3.63) is 28.2 Å². The van der Waals surface area contributed by atoms with Crippen LogP contribution in [-0.2, 0) is 11.2 Å². The molecule has 30 heavy (non-hydrogen) atoms. The number of amides is 1. The van der Waals surface area contributed by atoms with E-state index in [4.69, 9.17) is 9.84 Å².